The fourth-order valence-corrected chi connectivity index (χ4v) is 1.65. The van der Waals surface area contributed by atoms with Crippen LogP contribution in [0.1, 0.15) is 48.0 Å². The Kier molecular flexibility index (Phi) is 6.65. The fourth-order valence-electron chi connectivity index (χ4n) is 1.65. The quantitative estimate of drug-likeness (QED) is 0.632. The first-order valence-corrected chi connectivity index (χ1v) is 6.40. The van der Waals surface area contributed by atoms with Gasteiger partial charge >= 0.3 is 0 Å². The predicted octanol–water partition coefficient (Wildman–Crippen LogP) is 2.97. The van der Waals surface area contributed by atoms with E-state index in [1.165, 1.54) is 0 Å². The molecule has 0 rings (SSSR count). The molecule has 0 fully saturated rings. The summed E-state index contributed by atoms with van der Waals surface area (Å²) in [6, 6.07) is 0. The summed E-state index contributed by atoms with van der Waals surface area (Å²) in [5.74, 6) is 0.0682. The molecule has 2 atom stereocenters. The molecule has 0 aliphatic carbocycles. The molecule has 0 aromatic carbocycles. The lowest BCUT2D eigenvalue weighted by Gasteiger charge is -2.33. The van der Waals surface area contributed by atoms with Crippen LogP contribution in [0.5, 0.6) is 0 Å². The number of ether oxygens (including phenoxy) is 3. The molecule has 0 aliphatic rings. The van der Waals surface area contributed by atoms with Crippen LogP contribution in [0, 0.1) is 29.0 Å². The molecule has 2 unspecified atom stereocenters. The fraction of sp³-hybridized carbons (Fsp3) is 0.857. The van der Waals surface area contributed by atoms with Gasteiger partial charge in [-0.2, -0.15) is 10.5 Å². The van der Waals surface area contributed by atoms with E-state index in [0.29, 0.717) is 13.0 Å². The van der Waals surface area contributed by atoms with Gasteiger partial charge in [-0.05, 0) is 34.6 Å². The van der Waals surface area contributed by atoms with Crippen molar-refractivity contribution < 1.29 is 14.2 Å². The van der Waals surface area contributed by atoms with Crippen molar-refractivity contribution in [3.05, 3.63) is 0 Å². The van der Waals surface area contributed by atoms with E-state index in [1.54, 1.807) is 12.5 Å². The minimum absolute atomic E-state index is 0.0682. The zero-order valence-electron chi connectivity index (χ0n) is 12.7. The highest BCUT2D eigenvalue weighted by molar-refractivity contribution is 4.81. The van der Waals surface area contributed by atoms with Gasteiger partial charge in [-0.25, -0.2) is 0 Å². The van der Waals surface area contributed by atoms with E-state index in [9.17, 15) is 0 Å². The molecule has 0 radical (unpaired) electrons. The minimum atomic E-state index is -0.556. The van der Waals surface area contributed by atoms with Crippen LogP contribution in [0.3, 0.4) is 0 Å². The molecule has 0 aromatic heterocycles. The van der Waals surface area contributed by atoms with Gasteiger partial charge in [-0.15, -0.1) is 0 Å². The summed E-state index contributed by atoms with van der Waals surface area (Å²) in [6.45, 7) is 11.9. The van der Waals surface area contributed by atoms with Crippen LogP contribution in [0.4, 0.5) is 0 Å². The third kappa shape index (κ3) is 6.88. The maximum absolute atomic E-state index is 8.60. The van der Waals surface area contributed by atoms with Gasteiger partial charge in [0.1, 0.15) is 11.7 Å². The van der Waals surface area contributed by atoms with Gasteiger partial charge in [-0.1, -0.05) is 6.92 Å². The molecule has 0 saturated carbocycles. The molecule has 0 saturated heterocycles. The number of rotatable bonds is 8. The third-order valence-corrected chi connectivity index (χ3v) is 3.25. The summed E-state index contributed by atoms with van der Waals surface area (Å²) in [5, 5.41) is 17.1. The smallest absolute Gasteiger partial charge is 0.286 e. The standard InChI is InChI=1S/C14H24N2O3/c1-11(14(5,6)19-10-16)8-18-13(3,4)7-12(2)17-9-15/h11-12H,7-8H2,1-6H3. The van der Waals surface area contributed by atoms with E-state index < -0.39 is 11.2 Å². The van der Waals surface area contributed by atoms with Gasteiger partial charge in [0.05, 0.1) is 12.2 Å². The minimum Gasteiger partial charge on any atom is -0.424 e. The molecule has 19 heavy (non-hydrogen) atoms. The third-order valence-electron chi connectivity index (χ3n) is 3.25. The molecule has 5 heteroatoms. The molecule has 0 bridgehead atoms. The van der Waals surface area contributed by atoms with Crippen LogP contribution in [-0.4, -0.2) is 23.9 Å². The number of nitrogens with zero attached hydrogens (tertiary/aromatic N) is 2. The summed E-state index contributed by atoms with van der Waals surface area (Å²) >= 11 is 0. The Labute approximate surface area is 116 Å². The second-order valence-corrected chi connectivity index (χ2v) is 5.99. The zero-order valence-corrected chi connectivity index (χ0v) is 12.7. The molecule has 0 spiro atoms. The first-order valence-electron chi connectivity index (χ1n) is 6.40. The molecule has 5 nitrogen and oxygen atoms in total. The predicted molar refractivity (Wildman–Crippen MR) is 70.7 cm³/mol. The number of hydrogen-bond donors (Lipinski definition) is 0. The Balaban J connectivity index is 4.31. The summed E-state index contributed by atoms with van der Waals surface area (Å²) in [4.78, 5) is 0. The van der Waals surface area contributed by atoms with Gasteiger partial charge in [0.2, 0.25) is 0 Å². The highest BCUT2D eigenvalue weighted by Gasteiger charge is 2.31. The Morgan fingerprint density at radius 1 is 1.05 bits per heavy atom. The highest BCUT2D eigenvalue weighted by Crippen LogP contribution is 2.25. The van der Waals surface area contributed by atoms with Crippen molar-refractivity contribution in [2.45, 2.75) is 65.3 Å². The van der Waals surface area contributed by atoms with Gasteiger partial charge in [0.15, 0.2) is 0 Å². The summed E-state index contributed by atoms with van der Waals surface area (Å²) < 4.78 is 15.7. The zero-order chi connectivity index (χ0) is 15.1. The molecule has 0 aliphatic heterocycles. The average Bonchev–Trinajstić information content (AvgIpc) is 2.25. The Bertz CT molecular complexity index is 353. The van der Waals surface area contributed by atoms with Gasteiger partial charge in [0, 0.05) is 12.3 Å². The first kappa shape index (κ1) is 17.5. The number of nitriles is 2. The molecular weight excluding hydrogens is 244 g/mol. The lowest BCUT2D eigenvalue weighted by atomic mass is 9.93. The van der Waals surface area contributed by atoms with E-state index in [4.69, 9.17) is 24.7 Å². The lowest BCUT2D eigenvalue weighted by molar-refractivity contribution is -0.0910. The van der Waals surface area contributed by atoms with Crippen molar-refractivity contribution in [2.75, 3.05) is 6.61 Å². The molecule has 0 N–H and O–H groups in total. The van der Waals surface area contributed by atoms with Gasteiger partial charge < -0.3 is 14.2 Å². The summed E-state index contributed by atoms with van der Waals surface area (Å²) in [6.07, 6.45) is 3.84. The first-order chi connectivity index (χ1) is 8.64. The van der Waals surface area contributed by atoms with Crippen LogP contribution in [0.25, 0.3) is 0 Å². The van der Waals surface area contributed by atoms with Crippen molar-refractivity contribution >= 4 is 0 Å². The SMILES string of the molecule is CC(CC(C)(C)OCC(C)C(C)(C)OC#N)OC#N. The van der Waals surface area contributed by atoms with E-state index in [2.05, 4.69) is 0 Å². The second kappa shape index (κ2) is 7.21. The maximum atomic E-state index is 8.60. The van der Waals surface area contributed by atoms with Crippen molar-refractivity contribution in [2.24, 2.45) is 5.92 Å². The van der Waals surface area contributed by atoms with Crippen LogP contribution in [0.2, 0.25) is 0 Å². The van der Waals surface area contributed by atoms with Crippen molar-refractivity contribution in [1.29, 1.82) is 10.5 Å². The van der Waals surface area contributed by atoms with E-state index in [-0.39, 0.29) is 12.0 Å². The van der Waals surface area contributed by atoms with Gasteiger partial charge in [0.25, 0.3) is 12.5 Å². The highest BCUT2D eigenvalue weighted by atomic mass is 16.5. The van der Waals surface area contributed by atoms with E-state index in [0.717, 1.165) is 0 Å². The lowest BCUT2D eigenvalue weighted by Crippen LogP contribution is -2.38. The van der Waals surface area contributed by atoms with Crippen molar-refractivity contribution in [3.63, 3.8) is 0 Å². The molecule has 0 heterocycles. The Morgan fingerprint density at radius 3 is 2.11 bits per heavy atom. The molecular formula is C14H24N2O3. The molecule has 0 amide bonds. The van der Waals surface area contributed by atoms with Crippen LogP contribution in [0.15, 0.2) is 0 Å². The second-order valence-electron chi connectivity index (χ2n) is 5.99. The topological polar surface area (TPSA) is 75.3 Å². The van der Waals surface area contributed by atoms with Crippen LogP contribution < -0.4 is 0 Å². The molecule has 0 aromatic rings. The summed E-state index contributed by atoms with van der Waals surface area (Å²) in [5.41, 5.74) is -0.952. The molecule has 108 valence electrons. The normalized spacial score (nSPS) is 14.9. The maximum Gasteiger partial charge on any atom is 0.286 e. The Hall–Kier alpha value is -1.46. The van der Waals surface area contributed by atoms with Crippen molar-refractivity contribution in [1.82, 2.24) is 0 Å². The Morgan fingerprint density at radius 2 is 1.63 bits per heavy atom. The summed E-state index contributed by atoms with van der Waals surface area (Å²) in [7, 11) is 0. The average molecular weight is 268 g/mol. The van der Waals surface area contributed by atoms with Gasteiger partial charge in [-0.3, -0.25) is 0 Å². The number of hydrogen-bond acceptors (Lipinski definition) is 5. The largest absolute Gasteiger partial charge is 0.424 e. The van der Waals surface area contributed by atoms with Crippen LogP contribution >= 0.6 is 0 Å². The monoisotopic (exact) mass is 268 g/mol. The van der Waals surface area contributed by atoms with Crippen molar-refractivity contribution in [3.8, 4) is 12.5 Å². The van der Waals surface area contributed by atoms with Crippen LogP contribution in [-0.2, 0) is 14.2 Å². The van der Waals surface area contributed by atoms with E-state index in [1.807, 2.05) is 41.5 Å². The van der Waals surface area contributed by atoms with E-state index >= 15 is 0 Å².